The highest BCUT2D eigenvalue weighted by Gasteiger charge is 2.12. The van der Waals surface area contributed by atoms with Gasteiger partial charge in [0.15, 0.2) is 11.5 Å². The standard InChI is InChI=1S/C22H28N2O4/c1-4-27-19-11-10-18(14-20(19)28-5-2)22(26)24-15-21(25)23-13-12-17-9-7-6-8-16(17)3/h6-11,14H,4-5,12-13,15H2,1-3H3,(H,23,25)(H,24,26). The van der Waals surface area contributed by atoms with Gasteiger partial charge in [-0.3, -0.25) is 9.59 Å². The van der Waals surface area contributed by atoms with Crippen LogP contribution in [0.4, 0.5) is 0 Å². The van der Waals surface area contributed by atoms with Crippen molar-refractivity contribution >= 4 is 11.8 Å². The molecular formula is C22H28N2O4. The largest absolute Gasteiger partial charge is 0.490 e. The highest BCUT2D eigenvalue weighted by Crippen LogP contribution is 2.28. The topological polar surface area (TPSA) is 76.7 Å². The van der Waals surface area contributed by atoms with E-state index in [1.165, 1.54) is 11.1 Å². The Hall–Kier alpha value is -3.02. The molecule has 0 bridgehead atoms. The number of amides is 2. The van der Waals surface area contributed by atoms with E-state index in [1.54, 1.807) is 18.2 Å². The Kier molecular flexibility index (Phi) is 8.34. The molecule has 0 fully saturated rings. The lowest BCUT2D eigenvalue weighted by Gasteiger charge is -2.12. The summed E-state index contributed by atoms with van der Waals surface area (Å²) in [4.78, 5) is 24.3. The molecule has 28 heavy (non-hydrogen) atoms. The zero-order chi connectivity index (χ0) is 20.4. The van der Waals surface area contributed by atoms with Crippen LogP contribution in [0, 0.1) is 6.92 Å². The number of hydrogen-bond donors (Lipinski definition) is 2. The second-order valence-corrected chi connectivity index (χ2v) is 6.24. The summed E-state index contributed by atoms with van der Waals surface area (Å²) in [6.07, 6.45) is 0.753. The molecule has 0 spiro atoms. The van der Waals surface area contributed by atoms with Crippen molar-refractivity contribution in [3.63, 3.8) is 0 Å². The van der Waals surface area contributed by atoms with E-state index in [0.29, 0.717) is 36.8 Å². The summed E-state index contributed by atoms with van der Waals surface area (Å²) >= 11 is 0. The first kappa shape index (κ1) is 21.3. The maximum absolute atomic E-state index is 12.3. The predicted molar refractivity (Wildman–Crippen MR) is 109 cm³/mol. The molecule has 0 aliphatic heterocycles. The van der Waals surface area contributed by atoms with Crippen LogP contribution >= 0.6 is 0 Å². The van der Waals surface area contributed by atoms with Crippen molar-refractivity contribution < 1.29 is 19.1 Å². The van der Waals surface area contributed by atoms with Crippen LogP contribution in [0.25, 0.3) is 0 Å². The minimum Gasteiger partial charge on any atom is -0.490 e. The Bertz CT molecular complexity index is 805. The van der Waals surface area contributed by atoms with Crippen molar-refractivity contribution in [1.29, 1.82) is 0 Å². The minimum absolute atomic E-state index is 0.0796. The van der Waals surface area contributed by atoms with Crippen molar-refractivity contribution in [3.05, 3.63) is 59.2 Å². The molecule has 6 heteroatoms. The zero-order valence-electron chi connectivity index (χ0n) is 16.7. The molecule has 0 aliphatic rings. The zero-order valence-corrected chi connectivity index (χ0v) is 16.7. The minimum atomic E-state index is -0.335. The Labute approximate surface area is 166 Å². The summed E-state index contributed by atoms with van der Waals surface area (Å²) in [7, 11) is 0. The van der Waals surface area contributed by atoms with Gasteiger partial charge in [-0.15, -0.1) is 0 Å². The molecule has 0 saturated heterocycles. The number of benzene rings is 2. The molecule has 2 rings (SSSR count). The fourth-order valence-corrected chi connectivity index (χ4v) is 2.74. The maximum Gasteiger partial charge on any atom is 0.251 e. The number of carbonyl (C=O) groups is 2. The van der Waals surface area contributed by atoms with Crippen LogP contribution in [-0.4, -0.2) is 38.1 Å². The van der Waals surface area contributed by atoms with Crippen molar-refractivity contribution in [1.82, 2.24) is 10.6 Å². The lowest BCUT2D eigenvalue weighted by molar-refractivity contribution is -0.120. The number of aryl methyl sites for hydroxylation is 1. The predicted octanol–water partition coefficient (Wildman–Crippen LogP) is 2.88. The van der Waals surface area contributed by atoms with Crippen LogP contribution in [0.2, 0.25) is 0 Å². The van der Waals surface area contributed by atoms with Gasteiger partial charge in [0.25, 0.3) is 5.91 Å². The van der Waals surface area contributed by atoms with Crippen LogP contribution in [0.3, 0.4) is 0 Å². The second kappa shape index (κ2) is 11.0. The van der Waals surface area contributed by atoms with Gasteiger partial charge in [0.1, 0.15) is 0 Å². The molecule has 2 amide bonds. The second-order valence-electron chi connectivity index (χ2n) is 6.24. The summed E-state index contributed by atoms with van der Waals surface area (Å²) < 4.78 is 11.0. The van der Waals surface area contributed by atoms with Crippen LogP contribution in [-0.2, 0) is 11.2 Å². The summed E-state index contributed by atoms with van der Waals surface area (Å²) in [6, 6.07) is 13.0. The third-order valence-electron chi connectivity index (χ3n) is 4.19. The number of carbonyl (C=O) groups excluding carboxylic acids is 2. The SMILES string of the molecule is CCOc1ccc(C(=O)NCC(=O)NCCc2ccccc2C)cc1OCC. The van der Waals surface area contributed by atoms with Crippen molar-refractivity contribution in [3.8, 4) is 11.5 Å². The lowest BCUT2D eigenvalue weighted by atomic mass is 10.1. The number of rotatable bonds is 10. The van der Waals surface area contributed by atoms with Crippen LogP contribution in [0.5, 0.6) is 11.5 Å². The van der Waals surface area contributed by atoms with Gasteiger partial charge < -0.3 is 20.1 Å². The molecular weight excluding hydrogens is 356 g/mol. The van der Waals surface area contributed by atoms with Gasteiger partial charge in [0.2, 0.25) is 5.91 Å². The van der Waals surface area contributed by atoms with Gasteiger partial charge in [0.05, 0.1) is 19.8 Å². The Balaban J connectivity index is 1.83. The highest BCUT2D eigenvalue weighted by molar-refractivity contribution is 5.97. The lowest BCUT2D eigenvalue weighted by Crippen LogP contribution is -2.37. The maximum atomic E-state index is 12.3. The molecule has 0 aliphatic carbocycles. The molecule has 150 valence electrons. The third-order valence-corrected chi connectivity index (χ3v) is 4.19. The quantitative estimate of drug-likeness (QED) is 0.660. The summed E-state index contributed by atoms with van der Waals surface area (Å²) in [5.41, 5.74) is 2.81. The van der Waals surface area contributed by atoms with E-state index in [9.17, 15) is 9.59 Å². The van der Waals surface area contributed by atoms with E-state index >= 15 is 0 Å². The highest BCUT2D eigenvalue weighted by atomic mass is 16.5. The average molecular weight is 384 g/mol. The Morgan fingerprint density at radius 1 is 0.929 bits per heavy atom. The van der Waals surface area contributed by atoms with Gasteiger partial charge in [-0.25, -0.2) is 0 Å². The average Bonchev–Trinajstić information content (AvgIpc) is 2.69. The van der Waals surface area contributed by atoms with Gasteiger partial charge in [-0.1, -0.05) is 24.3 Å². The first-order valence-electron chi connectivity index (χ1n) is 9.54. The smallest absolute Gasteiger partial charge is 0.251 e. The Morgan fingerprint density at radius 3 is 2.36 bits per heavy atom. The molecule has 6 nitrogen and oxygen atoms in total. The van der Waals surface area contributed by atoms with Crippen molar-refractivity contribution in [2.75, 3.05) is 26.3 Å². The summed E-state index contributed by atoms with van der Waals surface area (Å²) in [5.74, 6) is 0.547. The summed E-state index contributed by atoms with van der Waals surface area (Å²) in [5, 5.41) is 5.46. The third kappa shape index (κ3) is 6.30. The van der Waals surface area contributed by atoms with Gasteiger partial charge in [0, 0.05) is 12.1 Å². The van der Waals surface area contributed by atoms with Crippen molar-refractivity contribution in [2.45, 2.75) is 27.2 Å². The van der Waals surface area contributed by atoms with E-state index in [4.69, 9.17) is 9.47 Å². The molecule has 0 aromatic heterocycles. The molecule has 0 unspecified atom stereocenters. The fraction of sp³-hybridized carbons (Fsp3) is 0.364. The molecule has 0 heterocycles. The van der Waals surface area contributed by atoms with E-state index < -0.39 is 0 Å². The number of nitrogens with one attached hydrogen (secondary N) is 2. The molecule has 0 atom stereocenters. The molecule has 2 aromatic rings. The summed E-state index contributed by atoms with van der Waals surface area (Å²) in [6.45, 7) is 7.21. The Morgan fingerprint density at radius 2 is 1.64 bits per heavy atom. The monoisotopic (exact) mass is 384 g/mol. The van der Waals surface area contributed by atoms with Gasteiger partial charge in [-0.2, -0.15) is 0 Å². The van der Waals surface area contributed by atoms with Gasteiger partial charge >= 0.3 is 0 Å². The molecule has 0 radical (unpaired) electrons. The van der Waals surface area contributed by atoms with Crippen LogP contribution < -0.4 is 20.1 Å². The van der Waals surface area contributed by atoms with Crippen molar-refractivity contribution in [2.24, 2.45) is 0 Å². The molecule has 0 saturated carbocycles. The fourth-order valence-electron chi connectivity index (χ4n) is 2.74. The molecule has 2 N–H and O–H groups in total. The van der Waals surface area contributed by atoms with Crippen LogP contribution in [0.1, 0.15) is 35.3 Å². The van der Waals surface area contributed by atoms with E-state index in [-0.39, 0.29) is 18.4 Å². The van der Waals surface area contributed by atoms with E-state index in [1.807, 2.05) is 45.0 Å². The van der Waals surface area contributed by atoms with E-state index in [2.05, 4.69) is 10.6 Å². The molecule has 2 aromatic carbocycles. The van der Waals surface area contributed by atoms with Crippen LogP contribution in [0.15, 0.2) is 42.5 Å². The number of ether oxygens (including phenoxy) is 2. The first-order valence-corrected chi connectivity index (χ1v) is 9.54. The normalized spacial score (nSPS) is 10.2. The van der Waals surface area contributed by atoms with Gasteiger partial charge in [-0.05, 0) is 56.5 Å². The number of hydrogen-bond acceptors (Lipinski definition) is 4. The van der Waals surface area contributed by atoms with E-state index in [0.717, 1.165) is 6.42 Å². The first-order chi connectivity index (χ1) is 13.5.